The molecule has 0 saturated carbocycles. The Balaban J connectivity index is 1.27. The van der Waals surface area contributed by atoms with Gasteiger partial charge >= 0.3 is 0 Å². The van der Waals surface area contributed by atoms with Gasteiger partial charge in [0.25, 0.3) is 0 Å². The fourth-order valence-corrected chi connectivity index (χ4v) is 6.90. The molecule has 0 spiro atoms. The third-order valence-electron chi connectivity index (χ3n) is 9.15. The first-order valence-corrected chi connectivity index (χ1v) is 15.9. The third-order valence-corrected chi connectivity index (χ3v) is 9.15. The maximum absolute atomic E-state index is 6.23. The number of hydrogen-bond acceptors (Lipinski definition) is 5. The highest BCUT2D eigenvalue weighted by molar-refractivity contribution is 6.12. The highest BCUT2D eigenvalue weighted by Gasteiger charge is 2.21. The van der Waals surface area contributed by atoms with E-state index in [0.717, 1.165) is 71.2 Å². The normalized spacial score (nSPS) is 11.8. The smallest absolute Gasteiger partial charge is 0.238 e. The van der Waals surface area contributed by atoms with Crippen LogP contribution in [-0.2, 0) is 0 Å². The Morgan fingerprint density at radius 3 is 2.21 bits per heavy atom. The summed E-state index contributed by atoms with van der Waals surface area (Å²) in [5, 5.41) is 6.40. The van der Waals surface area contributed by atoms with E-state index in [0.29, 0.717) is 17.6 Å². The number of hydrogen-bond donors (Lipinski definition) is 0. The van der Waals surface area contributed by atoms with Gasteiger partial charge < -0.3 is 4.42 Å². The molecular weight excluding hydrogens is 590 g/mol. The van der Waals surface area contributed by atoms with Gasteiger partial charge in [-0.1, -0.05) is 103 Å². The van der Waals surface area contributed by atoms with E-state index in [1.54, 1.807) is 6.20 Å². The van der Waals surface area contributed by atoms with Crippen molar-refractivity contribution in [2.45, 2.75) is 0 Å². The van der Waals surface area contributed by atoms with Gasteiger partial charge in [0.15, 0.2) is 11.6 Å². The maximum atomic E-state index is 6.23. The molecule has 0 bridgehead atoms. The maximum Gasteiger partial charge on any atom is 0.238 e. The zero-order valence-electron chi connectivity index (χ0n) is 25.6. The van der Waals surface area contributed by atoms with Crippen LogP contribution in [0.3, 0.4) is 0 Å². The van der Waals surface area contributed by atoms with Crippen molar-refractivity contribution in [2.24, 2.45) is 0 Å². The molecule has 224 valence electrons. The van der Waals surface area contributed by atoms with Gasteiger partial charge in [-0.05, 0) is 58.3 Å². The van der Waals surface area contributed by atoms with Crippen LogP contribution < -0.4 is 0 Å². The molecule has 0 radical (unpaired) electrons. The number of pyridine rings is 1. The predicted octanol–water partition coefficient (Wildman–Crippen LogP) is 10.4. The molecule has 0 unspecified atom stereocenters. The second-order valence-electron chi connectivity index (χ2n) is 11.9. The van der Waals surface area contributed by atoms with Gasteiger partial charge in [0.05, 0.1) is 11.0 Å². The molecule has 6 aromatic carbocycles. The first-order valence-electron chi connectivity index (χ1n) is 15.9. The number of para-hydroxylation sites is 1. The van der Waals surface area contributed by atoms with Gasteiger partial charge in [-0.25, -0.2) is 4.98 Å². The lowest BCUT2D eigenvalue weighted by Crippen LogP contribution is -2.06. The number of aromatic nitrogens is 5. The topological polar surface area (TPSA) is 69.6 Å². The lowest BCUT2D eigenvalue weighted by molar-refractivity contribution is 0.668. The van der Waals surface area contributed by atoms with E-state index in [-0.39, 0.29) is 0 Å². The van der Waals surface area contributed by atoms with Crippen molar-refractivity contribution in [3.05, 3.63) is 152 Å². The van der Waals surface area contributed by atoms with Gasteiger partial charge in [0.2, 0.25) is 5.95 Å². The summed E-state index contributed by atoms with van der Waals surface area (Å²) in [5.41, 5.74) is 7.68. The molecule has 10 rings (SSSR count). The molecule has 6 nitrogen and oxygen atoms in total. The van der Waals surface area contributed by atoms with Crippen LogP contribution in [0.4, 0.5) is 0 Å². The summed E-state index contributed by atoms with van der Waals surface area (Å²) < 4.78 is 8.38. The van der Waals surface area contributed by atoms with E-state index < -0.39 is 0 Å². The van der Waals surface area contributed by atoms with E-state index in [9.17, 15) is 0 Å². The molecule has 0 amide bonds. The summed E-state index contributed by atoms with van der Waals surface area (Å²) in [6.07, 6.45) is 3.59. The minimum atomic E-state index is 0.546. The van der Waals surface area contributed by atoms with Crippen molar-refractivity contribution >= 4 is 54.5 Å². The Morgan fingerprint density at radius 1 is 0.479 bits per heavy atom. The lowest BCUT2D eigenvalue weighted by atomic mass is 10.0. The number of furan rings is 1. The predicted molar refractivity (Wildman–Crippen MR) is 193 cm³/mol. The summed E-state index contributed by atoms with van der Waals surface area (Å²) in [6.45, 7) is 0. The van der Waals surface area contributed by atoms with Crippen molar-refractivity contribution in [1.29, 1.82) is 0 Å². The Morgan fingerprint density at radius 2 is 1.27 bits per heavy atom. The molecule has 48 heavy (non-hydrogen) atoms. The standard InChI is InChI=1S/C42H25N5O/c1-2-9-26(10-3-1)29-19-20-36-33(24-29)31-13-6-7-15-35(31)47(36)42-45-40(30-18-17-27-11-4-5-12-28(27)23-30)44-41(46-42)32-14-8-16-38-39(32)34-25-43-22-21-37(34)48-38/h1-25H. The fourth-order valence-electron chi connectivity index (χ4n) is 6.90. The first kappa shape index (κ1) is 26.5. The van der Waals surface area contributed by atoms with Crippen molar-refractivity contribution in [1.82, 2.24) is 24.5 Å². The number of fused-ring (bicyclic) bond motifs is 7. The Kier molecular flexibility index (Phi) is 5.77. The number of nitrogens with zero attached hydrogens (tertiary/aromatic N) is 5. The van der Waals surface area contributed by atoms with Crippen LogP contribution in [0.15, 0.2) is 156 Å². The quantitative estimate of drug-likeness (QED) is 0.197. The second-order valence-corrected chi connectivity index (χ2v) is 11.9. The molecule has 6 heteroatoms. The molecule has 0 aliphatic rings. The Labute approximate surface area is 274 Å². The molecule has 0 aliphatic heterocycles. The molecule has 0 aliphatic carbocycles. The lowest BCUT2D eigenvalue weighted by Gasteiger charge is -2.12. The zero-order valence-corrected chi connectivity index (χ0v) is 25.6. The van der Waals surface area contributed by atoms with Crippen LogP contribution in [-0.4, -0.2) is 24.5 Å². The van der Waals surface area contributed by atoms with Gasteiger partial charge in [-0.3, -0.25) is 9.55 Å². The van der Waals surface area contributed by atoms with E-state index in [4.69, 9.17) is 19.4 Å². The highest BCUT2D eigenvalue weighted by Crippen LogP contribution is 2.38. The van der Waals surface area contributed by atoms with Crippen molar-refractivity contribution in [3.8, 4) is 39.9 Å². The highest BCUT2D eigenvalue weighted by atomic mass is 16.3. The van der Waals surface area contributed by atoms with Crippen LogP contribution in [0.25, 0.3) is 94.4 Å². The Bertz CT molecular complexity index is 2850. The van der Waals surface area contributed by atoms with Gasteiger partial charge in [0, 0.05) is 45.1 Å². The molecule has 4 heterocycles. The van der Waals surface area contributed by atoms with Crippen molar-refractivity contribution in [2.75, 3.05) is 0 Å². The molecule has 0 saturated heterocycles. The van der Waals surface area contributed by atoms with Crippen LogP contribution >= 0.6 is 0 Å². The average Bonchev–Trinajstić information content (AvgIpc) is 3.70. The van der Waals surface area contributed by atoms with Crippen LogP contribution in [0.1, 0.15) is 0 Å². The van der Waals surface area contributed by atoms with Crippen molar-refractivity contribution in [3.63, 3.8) is 0 Å². The largest absolute Gasteiger partial charge is 0.456 e. The minimum absolute atomic E-state index is 0.546. The monoisotopic (exact) mass is 615 g/mol. The molecule has 10 aromatic rings. The summed E-state index contributed by atoms with van der Waals surface area (Å²) in [6, 6.07) is 48.1. The SMILES string of the molecule is c1ccc(-c2ccc3c(c2)c2ccccc2n3-c2nc(-c3ccc4ccccc4c3)nc(-c3cccc4oc5ccncc5c34)n2)cc1. The third kappa shape index (κ3) is 4.13. The summed E-state index contributed by atoms with van der Waals surface area (Å²) in [7, 11) is 0. The number of benzene rings is 6. The van der Waals surface area contributed by atoms with Gasteiger partial charge in [-0.15, -0.1) is 0 Å². The second kappa shape index (κ2) is 10.4. The molecular formula is C42H25N5O. The van der Waals surface area contributed by atoms with E-state index in [1.807, 2.05) is 36.5 Å². The van der Waals surface area contributed by atoms with E-state index >= 15 is 0 Å². The van der Waals surface area contributed by atoms with Crippen LogP contribution in [0, 0.1) is 0 Å². The summed E-state index contributed by atoms with van der Waals surface area (Å²) >= 11 is 0. The fraction of sp³-hybridized carbons (Fsp3) is 0. The average molecular weight is 616 g/mol. The Hall–Kier alpha value is -6.66. The minimum Gasteiger partial charge on any atom is -0.456 e. The van der Waals surface area contributed by atoms with Crippen LogP contribution in [0.2, 0.25) is 0 Å². The number of rotatable bonds is 4. The molecule has 0 atom stereocenters. The molecule has 0 N–H and O–H groups in total. The van der Waals surface area contributed by atoms with Gasteiger partial charge in [-0.2, -0.15) is 9.97 Å². The van der Waals surface area contributed by atoms with E-state index in [1.165, 1.54) is 5.56 Å². The van der Waals surface area contributed by atoms with Crippen LogP contribution in [0.5, 0.6) is 0 Å². The zero-order chi connectivity index (χ0) is 31.6. The summed E-state index contributed by atoms with van der Waals surface area (Å²) in [4.78, 5) is 20.0. The van der Waals surface area contributed by atoms with Gasteiger partial charge in [0.1, 0.15) is 11.2 Å². The first-order chi connectivity index (χ1) is 23.8. The molecule has 4 aromatic heterocycles. The molecule has 0 fully saturated rings. The van der Waals surface area contributed by atoms with E-state index in [2.05, 4.69) is 119 Å². The van der Waals surface area contributed by atoms with Crippen molar-refractivity contribution < 1.29 is 4.42 Å². The summed E-state index contributed by atoms with van der Waals surface area (Å²) in [5.74, 6) is 1.70.